The van der Waals surface area contributed by atoms with Crippen LogP contribution in [0.1, 0.15) is 11.5 Å². The van der Waals surface area contributed by atoms with E-state index in [4.69, 9.17) is 5.11 Å². The van der Waals surface area contributed by atoms with Crippen LogP contribution >= 0.6 is 0 Å². The molecule has 1 aromatic rings. The van der Waals surface area contributed by atoms with E-state index in [1.165, 1.54) is 6.08 Å². The van der Waals surface area contributed by atoms with Crippen LogP contribution in [0.5, 0.6) is 0 Å². The van der Waals surface area contributed by atoms with Gasteiger partial charge in [0.25, 0.3) is 0 Å². The quantitative estimate of drug-likeness (QED) is 0.813. The summed E-state index contributed by atoms with van der Waals surface area (Å²) in [6, 6.07) is 8.41. The predicted octanol–water partition coefficient (Wildman–Crippen LogP) is 1.56. The summed E-state index contributed by atoms with van der Waals surface area (Å²) < 4.78 is 0. The van der Waals surface area contributed by atoms with Gasteiger partial charge in [-0.3, -0.25) is 0 Å². The lowest BCUT2D eigenvalue weighted by atomic mass is 9.79. The molecule has 0 bridgehead atoms. The van der Waals surface area contributed by atoms with Gasteiger partial charge in [0, 0.05) is 5.57 Å². The minimum absolute atomic E-state index is 0.0959. The molecule has 2 rings (SSSR count). The maximum atomic E-state index is 11.4. The Kier molecular flexibility index (Phi) is 3.64. The summed E-state index contributed by atoms with van der Waals surface area (Å²) in [6.45, 7) is 0. The van der Waals surface area contributed by atoms with Crippen LogP contribution in [0.15, 0.2) is 59.2 Å². The smallest absolute Gasteiger partial charge is 0.336 e. The fourth-order valence-corrected chi connectivity index (χ4v) is 2.18. The molecule has 0 aromatic heterocycles. The first-order chi connectivity index (χ1) is 9.56. The molecular weight excluding hydrogens is 260 g/mol. The summed E-state index contributed by atoms with van der Waals surface area (Å²) in [6.07, 6.45) is 2.41. The summed E-state index contributed by atoms with van der Waals surface area (Å²) in [5.41, 5.74) is -0.0279. The van der Waals surface area contributed by atoms with E-state index in [9.17, 15) is 19.5 Å². The Hall–Kier alpha value is -2.91. The lowest BCUT2D eigenvalue weighted by Gasteiger charge is -2.22. The predicted molar refractivity (Wildman–Crippen MR) is 69.8 cm³/mol. The van der Waals surface area contributed by atoms with Crippen LogP contribution in [-0.4, -0.2) is 28.1 Å². The largest absolute Gasteiger partial charge is 0.478 e. The minimum atomic E-state index is -1.37. The van der Waals surface area contributed by atoms with E-state index >= 15 is 0 Å². The maximum absolute atomic E-state index is 11.4. The molecule has 1 unspecified atom stereocenters. The Labute approximate surface area is 114 Å². The first kappa shape index (κ1) is 13.5. The number of hydrogen-bond acceptors (Lipinski definition) is 3. The number of aliphatic carboxylic acids is 2. The van der Waals surface area contributed by atoms with Crippen LogP contribution in [0, 0.1) is 0 Å². The highest BCUT2D eigenvalue weighted by Gasteiger charge is 2.33. The molecule has 0 heterocycles. The zero-order chi connectivity index (χ0) is 14.7. The summed E-state index contributed by atoms with van der Waals surface area (Å²) in [5.74, 6) is -1.95. The Balaban J connectivity index is 2.71. The highest BCUT2D eigenvalue weighted by atomic mass is 16.4. The van der Waals surface area contributed by atoms with E-state index in [1.807, 2.05) is 0 Å². The SMILES string of the molecule is O=C=C1C=CC(C(=O)O)=C(C(=O)O)C1c1ccccc1. The molecule has 2 N–H and O–H groups in total. The Morgan fingerprint density at radius 2 is 1.65 bits per heavy atom. The van der Waals surface area contributed by atoms with Gasteiger partial charge in [0.15, 0.2) is 0 Å². The molecule has 1 aliphatic carbocycles. The van der Waals surface area contributed by atoms with Crippen LogP contribution in [0.3, 0.4) is 0 Å². The van der Waals surface area contributed by atoms with Gasteiger partial charge in [-0.15, -0.1) is 0 Å². The van der Waals surface area contributed by atoms with Gasteiger partial charge in [-0.05, 0) is 17.7 Å². The molecule has 20 heavy (non-hydrogen) atoms. The first-order valence-electron chi connectivity index (χ1n) is 5.75. The molecule has 0 amide bonds. The van der Waals surface area contributed by atoms with E-state index in [2.05, 4.69) is 0 Å². The molecule has 0 aliphatic heterocycles. The molecule has 0 saturated heterocycles. The van der Waals surface area contributed by atoms with Crippen molar-refractivity contribution in [3.8, 4) is 0 Å². The summed E-state index contributed by atoms with van der Waals surface area (Å²) in [7, 11) is 0. The fraction of sp³-hybridized carbons (Fsp3) is 0.0667. The molecule has 1 aliphatic rings. The van der Waals surface area contributed by atoms with Crippen molar-refractivity contribution in [1.29, 1.82) is 0 Å². The van der Waals surface area contributed by atoms with Crippen LogP contribution in [0.25, 0.3) is 0 Å². The minimum Gasteiger partial charge on any atom is -0.478 e. The van der Waals surface area contributed by atoms with Crippen LogP contribution in [-0.2, 0) is 14.4 Å². The molecule has 5 heteroatoms. The van der Waals surface area contributed by atoms with Crippen molar-refractivity contribution in [2.75, 3.05) is 0 Å². The number of carbonyl (C=O) groups excluding carboxylic acids is 1. The van der Waals surface area contributed by atoms with Crippen molar-refractivity contribution in [2.45, 2.75) is 5.92 Å². The number of carboxylic acids is 2. The van der Waals surface area contributed by atoms with Gasteiger partial charge in [-0.1, -0.05) is 30.3 Å². The van der Waals surface area contributed by atoms with Crippen LogP contribution in [0.4, 0.5) is 0 Å². The van der Waals surface area contributed by atoms with Crippen LogP contribution in [0.2, 0.25) is 0 Å². The van der Waals surface area contributed by atoms with E-state index in [1.54, 1.807) is 36.3 Å². The highest BCUT2D eigenvalue weighted by molar-refractivity contribution is 6.04. The lowest BCUT2D eigenvalue weighted by molar-refractivity contribution is -0.135. The molecule has 0 saturated carbocycles. The molecule has 1 aromatic carbocycles. The number of allylic oxidation sites excluding steroid dienone is 2. The maximum Gasteiger partial charge on any atom is 0.336 e. The van der Waals surface area contributed by atoms with Gasteiger partial charge in [-0.2, -0.15) is 0 Å². The molecule has 0 fully saturated rings. The van der Waals surface area contributed by atoms with Crippen molar-refractivity contribution in [3.63, 3.8) is 0 Å². The Morgan fingerprint density at radius 1 is 1.00 bits per heavy atom. The van der Waals surface area contributed by atoms with Gasteiger partial charge < -0.3 is 10.2 Å². The third kappa shape index (κ3) is 2.30. The van der Waals surface area contributed by atoms with Crippen molar-refractivity contribution in [1.82, 2.24) is 0 Å². The van der Waals surface area contributed by atoms with Crippen molar-refractivity contribution in [3.05, 3.63) is 64.8 Å². The number of carboxylic acid groups (broad SMARTS) is 2. The summed E-state index contributed by atoms with van der Waals surface area (Å²) in [5, 5.41) is 18.4. The molecule has 100 valence electrons. The van der Waals surface area contributed by atoms with E-state index < -0.39 is 17.9 Å². The van der Waals surface area contributed by atoms with Gasteiger partial charge >= 0.3 is 11.9 Å². The molecule has 0 radical (unpaired) electrons. The van der Waals surface area contributed by atoms with Gasteiger partial charge in [-0.25, -0.2) is 14.4 Å². The average molecular weight is 270 g/mol. The first-order valence-corrected chi connectivity index (χ1v) is 5.75. The van der Waals surface area contributed by atoms with Gasteiger partial charge in [0.2, 0.25) is 0 Å². The number of rotatable bonds is 3. The number of hydrogen-bond donors (Lipinski definition) is 2. The topological polar surface area (TPSA) is 91.7 Å². The van der Waals surface area contributed by atoms with Gasteiger partial charge in [0.1, 0.15) is 5.94 Å². The number of benzene rings is 1. The second-order valence-electron chi connectivity index (χ2n) is 4.17. The van der Waals surface area contributed by atoms with Crippen molar-refractivity contribution in [2.24, 2.45) is 0 Å². The molecule has 5 nitrogen and oxygen atoms in total. The Bertz CT molecular complexity index is 675. The van der Waals surface area contributed by atoms with E-state index in [0.29, 0.717) is 5.56 Å². The third-order valence-electron chi connectivity index (χ3n) is 3.03. The monoisotopic (exact) mass is 270 g/mol. The second kappa shape index (κ2) is 5.38. The molecule has 1 atom stereocenters. The fourth-order valence-electron chi connectivity index (χ4n) is 2.18. The average Bonchev–Trinajstić information content (AvgIpc) is 2.46. The van der Waals surface area contributed by atoms with Gasteiger partial charge in [0.05, 0.1) is 17.1 Å². The zero-order valence-electron chi connectivity index (χ0n) is 10.2. The zero-order valence-corrected chi connectivity index (χ0v) is 10.2. The third-order valence-corrected chi connectivity index (χ3v) is 3.03. The standard InChI is InChI=1S/C15H10O5/c16-8-10-6-7-11(14(17)18)13(15(19)20)12(10)9-4-2-1-3-5-9/h1-7,12H,(H,17,18)(H,19,20). The highest BCUT2D eigenvalue weighted by Crippen LogP contribution is 2.37. The molecule has 0 spiro atoms. The number of carbonyl (C=O) groups is 2. The molecular formula is C15H10O5. The van der Waals surface area contributed by atoms with Crippen LogP contribution < -0.4 is 0 Å². The van der Waals surface area contributed by atoms with Crippen molar-refractivity contribution >= 4 is 17.9 Å². The van der Waals surface area contributed by atoms with Crippen molar-refractivity contribution < 1.29 is 24.6 Å². The normalized spacial score (nSPS) is 17.8. The summed E-state index contributed by atoms with van der Waals surface area (Å²) in [4.78, 5) is 33.6. The second-order valence-corrected chi connectivity index (χ2v) is 4.17. The van der Waals surface area contributed by atoms with E-state index in [-0.39, 0.29) is 16.7 Å². The summed E-state index contributed by atoms with van der Waals surface area (Å²) >= 11 is 0. The Morgan fingerprint density at radius 3 is 2.15 bits per heavy atom. The lowest BCUT2D eigenvalue weighted by Crippen LogP contribution is -2.21. The van der Waals surface area contributed by atoms with E-state index in [0.717, 1.165) is 6.08 Å².